The van der Waals surface area contributed by atoms with Crippen LogP contribution in [0.25, 0.3) is 11.3 Å². The number of aromatic nitrogens is 2. The summed E-state index contributed by atoms with van der Waals surface area (Å²) in [5.74, 6) is 0.0409. The average Bonchev–Trinajstić information content (AvgIpc) is 3.30. The van der Waals surface area contributed by atoms with E-state index in [1.165, 1.54) is 0 Å². The Bertz CT molecular complexity index is 1240. The zero-order valence-corrected chi connectivity index (χ0v) is 18.4. The molecule has 0 unspecified atom stereocenters. The Morgan fingerprint density at radius 1 is 1.06 bits per heavy atom. The molecule has 5 rings (SSSR count). The largest absolute Gasteiger partial charge is 0.454 e. The lowest BCUT2D eigenvalue weighted by Gasteiger charge is -2.30. The lowest BCUT2D eigenvalue weighted by Crippen LogP contribution is -2.43. The molecule has 2 aliphatic rings. The van der Waals surface area contributed by atoms with Crippen LogP contribution in [0, 0.1) is 5.82 Å². The highest BCUT2D eigenvalue weighted by atomic mass is 19.1. The quantitative estimate of drug-likeness (QED) is 0.435. The van der Waals surface area contributed by atoms with Crippen LogP contribution >= 0.6 is 0 Å². The van der Waals surface area contributed by atoms with Crippen molar-refractivity contribution in [1.29, 1.82) is 0 Å². The number of anilines is 3. The summed E-state index contributed by atoms with van der Waals surface area (Å²) in [6, 6.07) is 9.95. The van der Waals surface area contributed by atoms with Gasteiger partial charge in [0.05, 0.1) is 11.3 Å². The Hall–Kier alpha value is -3.92. The molecular formula is C24H25FN6O3. The molecule has 1 aromatic carbocycles. The molecule has 0 radical (unpaired) electrons. The molecule has 2 atom stereocenters. The maximum Gasteiger partial charge on any atom is 0.252 e. The Morgan fingerprint density at radius 2 is 1.88 bits per heavy atom. The highest BCUT2D eigenvalue weighted by Crippen LogP contribution is 2.36. The van der Waals surface area contributed by atoms with Crippen LogP contribution in [-0.4, -0.2) is 34.8 Å². The number of hydrogen-bond acceptors (Lipinski definition) is 8. The second-order valence-electron chi connectivity index (χ2n) is 8.40. The molecule has 1 saturated carbocycles. The first-order valence-electron chi connectivity index (χ1n) is 11.1. The second kappa shape index (κ2) is 9.14. The number of benzene rings is 1. The van der Waals surface area contributed by atoms with Gasteiger partial charge in [-0.1, -0.05) is 12.8 Å². The van der Waals surface area contributed by atoms with E-state index in [0.29, 0.717) is 22.9 Å². The van der Waals surface area contributed by atoms with Crippen molar-refractivity contribution in [3.63, 3.8) is 0 Å². The molecule has 3 aromatic rings. The van der Waals surface area contributed by atoms with Gasteiger partial charge in [-0.3, -0.25) is 9.78 Å². The molecule has 1 aliphatic heterocycles. The van der Waals surface area contributed by atoms with E-state index in [9.17, 15) is 9.18 Å². The smallest absolute Gasteiger partial charge is 0.252 e. The fraction of sp³-hybridized carbons (Fsp3) is 0.292. The fourth-order valence-electron chi connectivity index (χ4n) is 4.25. The summed E-state index contributed by atoms with van der Waals surface area (Å²) in [4.78, 5) is 20.8. The van der Waals surface area contributed by atoms with Crippen molar-refractivity contribution in [2.24, 2.45) is 11.5 Å². The highest BCUT2D eigenvalue weighted by Gasteiger charge is 2.24. The Kier molecular flexibility index (Phi) is 5.89. The lowest BCUT2D eigenvalue weighted by atomic mass is 9.91. The maximum absolute atomic E-state index is 14.8. The standard InChI is InChI=1S/C24H25FN6O3/c25-16-11-15(22(27)32)23(31-24(16)30-18-4-2-1-3-17(18)26)29-14-7-8-28-19(10-14)13-5-6-20-21(9-13)34-12-33-20/h5-11,17-18H,1-4,12,26H2,(H2,27,32)(H2,28,29,30,31)/t17-,18+/m0/s1. The molecule has 0 spiro atoms. The monoisotopic (exact) mass is 464 g/mol. The van der Waals surface area contributed by atoms with E-state index >= 15 is 0 Å². The van der Waals surface area contributed by atoms with Crippen molar-refractivity contribution in [2.75, 3.05) is 17.4 Å². The van der Waals surface area contributed by atoms with E-state index in [1.807, 2.05) is 18.2 Å². The van der Waals surface area contributed by atoms with Gasteiger partial charge in [0.15, 0.2) is 23.1 Å². The second-order valence-corrected chi connectivity index (χ2v) is 8.40. The third kappa shape index (κ3) is 4.44. The van der Waals surface area contributed by atoms with E-state index in [4.69, 9.17) is 20.9 Å². The third-order valence-corrected chi connectivity index (χ3v) is 6.07. The van der Waals surface area contributed by atoms with Gasteiger partial charge in [-0.2, -0.15) is 0 Å². The maximum atomic E-state index is 14.8. The predicted molar refractivity (Wildman–Crippen MR) is 126 cm³/mol. The number of nitrogens with two attached hydrogens (primary N) is 2. The summed E-state index contributed by atoms with van der Waals surface area (Å²) in [7, 11) is 0. The van der Waals surface area contributed by atoms with Gasteiger partial charge in [-0.05, 0) is 49.2 Å². The number of carbonyl (C=O) groups is 1. The highest BCUT2D eigenvalue weighted by molar-refractivity contribution is 5.98. The number of amides is 1. The van der Waals surface area contributed by atoms with Crippen LogP contribution in [0.3, 0.4) is 0 Å². The van der Waals surface area contributed by atoms with Gasteiger partial charge >= 0.3 is 0 Å². The van der Waals surface area contributed by atoms with Crippen LogP contribution in [0.1, 0.15) is 36.0 Å². The molecule has 176 valence electrons. The predicted octanol–water partition coefficient (Wildman–Crippen LogP) is 3.54. The first-order chi connectivity index (χ1) is 16.5. The zero-order valence-electron chi connectivity index (χ0n) is 18.4. The summed E-state index contributed by atoms with van der Waals surface area (Å²) < 4.78 is 25.6. The number of hydrogen-bond donors (Lipinski definition) is 4. The molecule has 2 aromatic heterocycles. The van der Waals surface area contributed by atoms with Gasteiger partial charge in [0.25, 0.3) is 5.91 Å². The van der Waals surface area contributed by atoms with Crippen LogP contribution in [0.4, 0.5) is 21.7 Å². The topological polar surface area (TPSA) is 137 Å². The van der Waals surface area contributed by atoms with Gasteiger partial charge in [0, 0.05) is 29.5 Å². The number of halogens is 1. The van der Waals surface area contributed by atoms with Gasteiger partial charge in [-0.25, -0.2) is 9.37 Å². The number of ether oxygens (including phenoxy) is 2. The van der Waals surface area contributed by atoms with Crippen molar-refractivity contribution >= 4 is 23.2 Å². The summed E-state index contributed by atoms with van der Waals surface area (Å²) in [5, 5.41) is 6.20. The van der Waals surface area contributed by atoms with Crippen molar-refractivity contribution in [2.45, 2.75) is 37.8 Å². The molecule has 9 nitrogen and oxygen atoms in total. The molecule has 1 amide bonds. The SMILES string of the molecule is NC(=O)c1cc(F)c(N[C@@H]2CCCC[C@@H]2N)nc1Nc1ccnc(-c2ccc3c(c2)OCO3)c1. The third-order valence-electron chi connectivity index (χ3n) is 6.07. The van der Waals surface area contributed by atoms with E-state index in [-0.39, 0.29) is 36.1 Å². The minimum absolute atomic E-state index is 0.0277. The van der Waals surface area contributed by atoms with Gasteiger partial charge in [0.2, 0.25) is 6.79 Å². The van der Waals surface area contributed by atoms with Crippen LogP contribution in [-0.2, 0) is 0 Å². The minimum atomic E-state index is -0.792. The Labute approximate surface area is 195 Å². The number of carbonyl (C=O) groups excluding carboxylic acids is 1. The molecule has 0 bridgehead atoms. The summed E-state index contributed by atoms with van der Waals surface area (Å²) >= 11 is 0. The Balaban J connectivity index is 1.44. The molecule has 6 N–H and O–H groups in total. The van der Waals surface area contributed by atoms with E-state index in [2.05, 4.69) is 20.6 Å². The van der Waals surface area contributed by atoms with E-state index in [1.54, 1.807) is 18.3 Å². The zero-order chi connectivity index (χ0) is 23.7. The molecular weight excluding hydrogens is 439 g/mol. The fourth-order valence-corrected chi connectivity index (χ4v) is 4.25. The first kappa shape index (κ1) is 21.9. The number of fused-ring (bicyclic) bond motifs is 1. The number of rotatable bonds is 6. The molecule has 0 saturated heterocycles. The average molecular weight is 465 g/mol. The molecule has 34 heavy (non-hydrogen) atoms. The van der Waals surface area contributed by atoms with Gasteiger partial charge in [-0.15, -0.1) is 0 Å². The van der Waals surface area contributed by atoms with Crippen LogP contribution in [0.5, 0.6) is 11.5 Å². The van der Waals surface area contributed by atoms with Crippen LogP contribution < -0.4 is 31.6 Å². The van der Waals surface area contributed by atoms with Crippen molar-refractivity contribution in [3.05, 3.63) is 54.0 Å². The summed E-state index contributed by atoms with van der Waals surface area (Å²) in [6.07, 6.45) is 5.37. The van der Waals surface area contributed by atoms with Crippen molar-refractivity contribution < 1.29 is 18.7 Å². The first-order valence-corrected chi connectivity index (χ1v) is 11.1. The molecule has 1 fully saturated rings. The Morgan fingerprint density at radius 3 is 2.71 bits per heavy atom. The summed E-state index contributed by atoms with van der Waals surface area (Å²) in [6.45, 7) is 0.183. The van der Waals surface area contributed by atoms with Crippen molar-refractivity contribution in [3.8, 4) is 22.8 Å². The lowest BCUT2D eigenvalue weighted by molar-refractivity contribution is 0.100. The number of pyridine rings is 2. The van der Waals surface area contributed by atoms with Gasteiger partial charge < -0.3 is 31.6 Å². The minimum Gasteiger partial charge on any atom is -0.454 e. The van der Waals surface area contributed by atoms with Crippen molar-refractivity contribution in [1.82, 2.24) is 9.97 Å². The van der Waals surface area contributed by atoms with Crippen LogP contribution in [0.15, 0.2) is 42.6 Å². The number of nitrogens with one attached hydrogen (secondary N) is 2. The van der Waals surface area contributed by atoms with E-state index < -0.39 is 11.7 Å². The number of nitrogens with zero attached hydrogens (tertiary/aromatic N) is 2. The molecule has 3 heterocycles. The van der Waals surface area contributed by atoms with Gasteiger partial charge in [0.1, 0.15) is 5.82 Å². The van der Waals surface area contributed by atoms with E-state index in [0.717, 1.165) is 37.3 Å². The normalized spacial score (nSPS) is 19.0. The molecule has 1 aliphatic carbocycles. The summed E-state index contributed by atoms with van der Waals surface area (Å²) in [5.41, 5.74) is 13.7. The molecule has 10 heteroatoms. The van der Waals surface area contributed by atoms with Crippen LogP contribution in [0.2, 0.25) is 0 Å². The number of primary amides is 1.